The fourth-order valence-corrected chi connectivity index (χ4v) is 2.31. The summed E-state index contributed by atoms with van der Waals surface area (Å²) in [6.45, 7) is 7.83. The maximum atomic E-state index is 11.6. The highest BCUT2D eigenvalue weighted by molar-refractivity contribution is 5.89. The molecule has 0 bridgehead atoms. The summed E-state index contributed by atoms with van der Waals surface area (Å²) in [6, 6.07) is 7.30. The van der Waals surface area contributed by atoms with Crippen molar-refractivity contribution in [2.75, 3.05) is 13.7 Å². The molecule has 0 fully saturated rings. The number of hydrogen-bond donors (Lipinski definition) is 1. The molecule has 0 aliphatic rings. The summed E-state index contributed by atoms with van der Waals surface area (Å²) in [6.07, 6.45) is 0. The maximum Gasteiger partial charge on any atom is 0.337 e. The molecule has 1 heterocycles. The van der Waals surface area contributed by atoms with Crippen LogP contribution in [0.25, 0.3) is 5.69 Å². The van der Waals surface area contributed by atoms with Crippen LogP contribution in [0.1, 0.15) is 34.2 Å². The quantitative estimate of drug-likeness (QED) is 0.858. The predicted molar refractivity (Wildman–Crippen MR) is 81.8 cm³/mol. The van der Waals surface area contributed by atoms with Crippen LogP contribution in [0.4, 0.5) is 0 Å². The van der Waals surface area contributed by atoms with Gasteiger partial charge < -0.3 is 10.1 Å². The first kappa shape index (κ1) is 15.3. The van der Waals surface area contributed by atoms with Gasteiger partial charge in [-0.3, -0.25) is 0 Å². The lowest BCUT2D eigenvalue weighted by molar-refractivity contribution is 0.0600. The van der Waals surface area contributed by atoms with E-state index in [4.69, 9.17) is 4.74 Å². The Morgan fingerprint density at radius 3 is 2.81 bits per heavy atom. The van der Waals surface area contributed by atoms with Crippen LogP contribution in [0.2, 0.25) is 0 Å². The Morgan fingerprint density at radius 2 is 2.14 bits per heavy atom. The van der Waals surface area contributed by atoms with Gasteiger partial charge >= 0.3 is 5.97 Å². The summed E-state index contributed by atoms with van der Waals surface area (Å²) in [5.74, 6) is -0.341. The van der Waals surface area contributed by atoms with Crippen molar-refractivity contribution >= 4 is 5.97 Å². The molecule has 2 aromatic rings. The Morgan fingerprint density at radius 1 is 1.38 bits per heavy atom. The molecule has 0 radical (unpaired) electrons. The minimum Gasteiger partial charge on any atom is -0.465 e. The van der Waals surface area contributed by atoms with Crippen LogP contribution in [-0.4, -0.2) is 29.4 Å². The first-order valence-electron chi connectivity index (χ1n) is 7.03. The first-order chi connectivity index (χ1) is 10.1. The maximum absolute atomic E-state index is 11.6. The second-order valence-electron chi connectivity index (χ2n) is 4.88. The van der Waals surface area contributed by atoms with E-state index in [9.17, 15) is 4.79 Å². The van der Waals surface area contributed by atoms with E-state index in [1.807, 2.05) is 30.7 Å². The number of aryl methyl sites for hydroxylation is 1. The molecule has 0 saturated heterocycles. The second kappa shape index (κ2) is 6.54. The van der Waals surface area contributed by atoms with E-state index in [1.54, 1.807) is 12.1 Å². The average molecular weight is 287 g/mol. The van der Waals surface area contributed by atoms with Gasteiger partial charge in [0.2, 0.25) is 0 Å². The van der Waals surface area contributed by atoms with Gasteiger partial charge in [-0.05, 0) is 38.6 Å². The molecule has 5 heteroatoms. The van der Waals surface area contributed by atoms with Crippen LogP contribution < -0.4 is 5.32 Å². The second-order valence-corrected chi connectivity index (χ2v) is 4.88. The van der Waals surface area contributed by atoms with Crippen LogP contribution in [0.5, 0.6) is 0 Å². The number of carbonyl (C=O) groups excluding carboxylic acids is 1. The lowest BCUT2D eigenvalue weighted by Gasteiger charge is -2.07. The van der Waals surface area contributed by atoms with Gasteiger partial charge in [-0.1, -0.05) is 13.0 Å². The molecular formula is C16H21N3O2. The highest BCUT2D eigenvalue weighted by Gasteiger charge is 2.13. The molecule has 5 nitrogen and oxygen atoms in total. The topological polar surface area (TPSA) is 56.2 Å². The third-order valence-electron chi connectivity index (χ3n) is 3.50. The number of benzene rings is 1. The molecule has 0 spiro atoms. The van der Waals surface area contributed by atoms with Crippen LogP contribution in [0.15, 0.2) is 24.3 Å². The van der Waals surface area contributed by atoms with Crippen molar-refractivity contribution in [1.82, 2.24) is 15.1 Å². The normalized spacial score (nSPS) is 10.7. The third-order valence-corrected chi connectivity index (χ3v) is 3.50. The minimum absolute atomic E-state index is 0.341. The average Bonchev–Trinajstić information content (AvgIpc) is 2.79. The fourth-order valence-electron chi connectivity index (χ4n) is 2.31. The number of methoxy groups -OCH3 is 1. The van der Waals surface area contributed by atoms with Crippen molar-refractivity contribution < 1.29 is 9.53 Å². The molecule has 1 aromatic heterocycles. The summed E-state index contributed by atoms with van der Waals surface area (Å²) in [5.41, 5.74) is 4.66. The predicted octanol–water partition coefficient (Wildman–Crippen LogP) is 2.39. The molecule has 0 atom stereocenters. The standard InChI is InChI=1S/C16H21N3O2/c1-5-17-10-15-11(2)18-19(12(15)3)14-8-6-7-13(9-14)16(20)21-4/h6-9,17H,5,10H2,1-4H3. The van der Waals surface area contributed by atoms with Crippen molar-refractivity contribution in [3.05, 3.63) is 46.8 Å². The molecule has 0 saturated carbocycles. The number of nitrogens with one attached hydrogen (secondary N) is 1. The molecule has 0 amide bonds. The lowest BCUT2D eigenvalue weighted by Crippen LogP contribution is -2.13. The highest BCUT2D eigenvalue weighted by atomic mass is 16.5. The van der Waals surface area contributed by atoms with Gasteiger partial charge in [0.1, 0.15) is 0 Å². The van der Waals surface area contributed by atoms with Crippen LogP contribution in [-0.2, 0) is 11.3 Å². The highest BCUT2D eigenvalue weighted by Crippen LogP contribution is 2.19. The molecule has 2 rings (SSSR count). The van der Waals surface area contributed by atoms with Gasteiger partial charge in [-0.25, -0.2) is 9.48 Å². The van der Waals surface area contributed by atoms with E-state index in [-0.39, 0.29) is 5.97 Å². The van der Waals surface area contributed by atoms with E-state index >= 15 is 0 Å². The number of carbonyl (C=O) groups is 1. The minimum atomic E-state index is -0.341. The molecular weight excluding hydrogens is 266 g/mol. The van der Waals surface area contributed by atoms with Gasteiger partial charge in [0.05, 0.1) is 24.1 Å². The SMILES string of the molecule is CCNCc1c(C)nn(-c2cccc(C(=O)OC)c2)c1C. The van der Waals surface area contributed by atoms with Gasteiger partial charge in [0.15, 0.2) is 0 Å². The van der Waals surface area contributed by atoms with E-state index in [0.29, 0.717) is 5.56 Å². The number of rotatable bonds is 5. The van der Waals surface area contributed by atoms with E-state index in [1.165, 1.54) is 12.7 Å². The summed E-state index contributed by atoms with van der Waals surface area (Å²) in [4.78, 5) is 11.6. The lowest BCUT2D eigenvalue weighted by atomic mass is 10.2. The smallest absolute Gasteiger partial charge is 0.337 e. The molecule has 1 aromatic carbocycles. The van der Waals surface area contributed by atoms with E-state index in [0.717, 1.165) is 30.2 Å². The van der Waals surface area contributed by atoms with Crippen molar-refractivity contribution in [2.45, 2.75) is 27.3 Å². The molecule has 0 aliphatic heterocycles. The Balaban J connectivity index is 2.40. The number of hydrogen-bond acceptors (Lipinski definition) is 4. The van der Waals surface area contributed by atoms with Crippen molar-refractivity contribution in [2.24, 2.45) is 0 Å². The van der Waals surface area contributed by atoms with E-state index in [2.05, 4.69) is 17.3 Å². The van der Waals surface area contributed by atoms with Crippen molar-refractivity contribution in [3.63, 3.8) is 0 Å². The molecule has 1 N–H and O–H groups in total. The summed E-state index contributed by atoms with van der Waals surface area (Å²) in [7, 11) is 1.38. The zero-order valence-electron chi connectivity index (χ0n) is 12.9. The number of esters is 1. The molecule has 0 unspecified atom stereocenters. The molecule has 0 aliphatic carbocycles. The number of ether oxygens (including phenoxy) is 1. The Labute approximate surface area is 124 Å². The Kier molecular flexibility index (Phi) is 4.75. The van der Waals surface area contributed by atoms with Gasteiger partial charge in [-0.15, -0.1) is 0 Å². The van der Waals surface area contributed by atoms with Crippen LogP contribution in [0.3, 0.4) is 0 Å². The van der Waals surface area contributed by atoms with Crippen molar-refractivity contribution in [3.8, 4) is 5.69 Å². The van der Waals surface area contributed by atoms with Crippen LogP contribution in [0, 0.1) is 13.8 Å². The van der Waals surface area contributed by atoms with Gasteiger partial charge in [-0.2, -0.15) is 5.10 Å². The summed E-state index contributed by atoms with van der Waals surface area (Å²) < 4.78 is 6.63. The number of aromatic nitrogens is 2. The molecule has 112 valence electrons. The first-order valence-corrected chi connectivity index (χ1v) is 7.03. The third kappa shape index (κ3) is 3.13. The summed E-state index contributed by atoms with van der Waals surface area (Å²) >= 11 is 0. The van der Waals surface area contributed by atoms with Crippen LogP contribution >= 0.6 is 0 Å². The van der Waals surface area contributed by atoms with Crippen molar-refractivity contribution in [1.29, 1.82) is 0 Å². The monoisotopic (exact) mass is 287 g/mol. The van der Waals surface area contributed by atoms with Gasteiger partial charge in [0.25, 0.3) is 0 Å². The largest absolute Gasteiger partial charge is 0.465 e. The number of nitrogens with zero attached hydrogens (tertiary/aromatic N) is 2. The van der Waals surface area contributed by atoms with E-state index < -0.39 is 0 Å². The zero-order chi connectivity index (χ0) is 15.4. The van der Waals surface area contributed by atoms with Gasteiger partial charge in [0, 0.05) is 17.8 Å². The molecule has 21 heavy (non-hydrogen) atoms. The Bertz CT molecular complexity index is 647. The fraction of sp³-hybridized carbons (Fsp3) is 0.375. The Hall–Kier alpha value is -2.14. The summed E-state index contributed by atoms with van der Waals surface area (Å²) in [5, 5.41) is 7.91. The zero-order valence-corrected chi connectivity index (χ0v) is 12.9.